The topological polar surface area (TPSA) is 77.1 Å². The molecule has 0 aromatic heterocycles. The van der Waals surface area contributed by atoms with Gasteiger partial charge in [0.25, 0.3) is 5.91 Å². The summed E-state index contributed by atoms with van der Waals surface area (Å²) in [6.45, 7) is 0. The Morgan fingerprint density at radius 3 is 2.17 bits per heavy atom. The molecule has 35 heavy (non-hydrogen) atoms. The third-order valence-corrected chi connectivity index (χ3v) is 7.02. The number of fused-ring (bicyclic) bond motifs is 1. The lowest BCUT2D eigenvalue weighted by atomic mass is 9.79. The van der Waals surface area contributed by atoms with E-state index in [0.717, 1.165) is 10.5 Å². The van der Waals surface area contributed by atoms with Crippen LogP contribution in [-0.2, 0) is 4.79 Å². The van der Waals surface area contributed by atoms with Crippen molar-refractivity contribution in [2.75, 3.05) is 39.9 Å². The van der Waals surface area contributed by atoms with Crippen LogP contribution >= 0.6 is 11.8 Å². The Balaban J connectivity index is 1.88. The second-order valence-electron chi connectivity index (χ2n) is 8.10. The molecule has 1 N–H and O–H groups in total. The minimum Gasteiger partial charge on any atom is -0.495 e. The second kappa shape index (κ2) is 10.3. The quantitative estimate of drug-likeness (QED) is 0.469. The Morgan fingerprint density at radius 2 is 1.54 bits per heavy atom. The Hall–Kier alpha value is -3.65. The maximum absolute atomic E-state index is 13.9. The van der Waals surface area contributed by atoms with E-state index < -0.39 is 12.0 Å². The molecule has 2 unspecified atom stereocenters. The number of carbonyl (C=O) groups is 2. The fourth-order valence-corrected chi connectivity index (χ4v) is 4.92. The second-order valence-corrected chi connectivity index (χ2v) is 8.98. The number of methoxy groups -OCH3 is 3. The Kier molecular flexibility index (Phi) is 7.21. The molecule has 0 aliphatic carbocycles. The summed E-state index contributed by atoms with van der Waals surface area (Å²) in [4.78, 5) is 30.1. The number of rotatable bonds is 7. The van der Waals surface area contributed by atoms with Crippen molar-refractivity contribution < 1.29 is 23.8 Å². The summed E-state index contributed by atoms with van der Waals surface area (Å²) < 4.78 is 16.4. The number of amides is 2. The molecule has 8 heteroatoms. The summed E-state index contributed by atoms with van der Waals surface area (Å²) in [5.41, 5.74) is 2.40. The van der Waals surface area contributed by atoms with Gasteiger partial charge in [-0.1, -0.05) is 24.3 Å². The van der Waals surface area contributed by atoms with E-state index in [4.69, 9.17) is 14.2 Å². The fraction of sp³-hybridized carbons (Fsp3) is 0.259. The van der Waals surface area contributed by atoms with Crippen LogP contribution in [-0.4, -0.2) is 51.3 Å². The molecule has 1 aliphatic rings. The van der Waals surface area contributed by atoms with E-state index in [9.17, 15) is 9.59 Å². The van der Waals surface area contributed by atoms with Gasteiger partial charge in [0.1, 0.15) is 5.75 Å². The largest absolute Gasteiger partial charge is 0.495 e. The zero-order valence-electron chi connectivity index (χ0n) is 20.3. The molecule has 0 bridgehead atoms. The standard InChI is InChI=1S/C27H28N2O5S/c1-29-25(16-10-12-17(35-5)13-11-16)24(26(30)28-20-8-6-7-9-21(20)32-2)18-14-22(33-3)23(34-4)15-19(18)27(29)31/h6-15,24-25H,1-5H3,(H,28,30). The number of nitrogens with one attached hydrogen (secondary N) is 1. The maximum atomic E-state index is 13.9. The molecule has 0 radical (unpaired) electrons. The van der Waals surface area contributed by atoms with Crippen molar-refractivity contribution in [1.29, 1.82) is 0 Å². The number of benzene rings is 3. The van der Waals surface area contributed by atoms with Crippen LogP contribution in [0.4, 0.5) is 5.69 Å². The molecule has 1 aliphatic heterocycles. The van der Waals surface area contributed by atoms with Crippen LogP contribution in [0, 0.1) is 0 Å². The first-order valence-corrected chi connectivity index (χ1v) is 12.3. The highest BCUT2D eigenvalue weighted by atomic mass is 32.2. The van der Waals surface area contributed by atoms with E-state index in [1.165, 1.54) is 14.2 Å². The van der Waals surface area contributed by atoms with Gasteiger partial charge in [-0.2, -0.15) is 0 Å². The van der Waals surface area contributed by atoms with Crippen molar-refractivity contribution >= 4 is 29.3 Å². The van der Waals surface area contributed by atoms with Crippen LogP contribution in [0.5, 0.6) is 17.2 Å². The average molecular weight is 493 g/mol. The van der Waals surface area contributed by atoms with E-state index >= 15 is 0 Å². The monoisotopic (exact) mass is 492 g/mol. The highest BCUT2D eigenvalue weighted by Gasteiger charge is 2.43. The third kappa shape index (κ3) is 4.53. The van der Waals surface area contributed by atoms with Gasteiger partial charge in [-0.15, -0.1) is 11.8 Å². The van der Waals surface area contributed by atoms with Crippen molar-refractivity contribution in [2.24, 2.45) is 0 Å². The smallest absolute Gasteiger partial charge is 0.254 e. The van der Waals surface area contributed by atoms with Crippen LogP contribution < -0.4 is 19.5 Å². The van der Waals surface area contributed by atoms with Gasteiger partial charge in [0.05, 0.1) is 39.0 Å². The van der Waals surface area contributed by atoms with Crippen molar-refractivity contribution in [3.8, 4) is 17.2 Å². The highest BCUT2D eigenvalue weighted by Crippen LogP contribution is 2.46. The molecule has 0 saturated heterocycles. The summed E-state index contributed by atoms with van der Waals surface area (Å²) >= 11 is 1.63. The molecule has 0 fully saturated rings. The molecule has 182 valence electrons. The normalized spacial score (nSPS) is 16.9. The van der Waals surface area contributed by atoms with Crippen molar-refractivity contribution in [1.82, 2.24) is 4.90 Å². The zero-order chi connectivity index (χ0) is 25.1. The molecule has 0 spiro atoms. The molecule has 3 aromatic carbocycles. The summed E-state index contributed by atoms with van der Waals surface area (Å²) in [5, 5.41) is 3.02. The average Bonchev–Trinajstić information content (AvgIpc) is 2.90. The number of thioether (sulfide) groups is 1. The Labute approximate surface area is 209 Å². The number of para-hydroxylation sites is 2. The van der Waals surface area contributed by atoms with Gasteiger partial charge in [-0.25, -0.2) is 0 Å². The van der Waals surface area contributed by atoms with E-state index in [2.05, 4.69) is 5.32 Å². The van der Waals surface area contributed by atoms with Crippen molar-refractivity contribution in [2.45, 2.75) is 16.9 Å². The molecule has 4 rings (SSSR count). The van der Waals surface area contributed by atoms with Crippen molar-refractivity contribution in [3.63, 3.8) is 0 Å². The number of nitrogens with zero attached hydrogens (tertiary/aromatic N) is 1. The zero-order valence-corrected chi connectivity index (χ0v) is 21.1. The first-order valence-electron chi connectivity index (χ1n) is 11.0. The Morgan fingerprint density at radius 1 is 0.914 bits per heavy atom. The minimum absolute atomic E-state index is 0.193. The van der Waals surface area contributed by atoms with Gasteiger partial charge in [-0.3, -0.25) is 9.59 Å². The van der Waals surface area contributed by atoms with Gasteiger partial charge >= 0.3 is 0 Å². The molecule has 2 amide bonds. The van der Waals surface area contributed by atoms with Crippen LogP contribution in [0.25, 0.3) is 0 Å². The fourth-order valence-electron chi connectivity index (χ4n) is 4.51. The minimum atomic E-state index is -0.711. The predicted molar refractivity (Wildman–Crippen MR) is 137 cm³/mol. The molecule has 2 atom stereocenters. The summed E-state index contributed by atoms with van der Waals surface area (Å²) in [5.74, 6) is 0.268. The lowest BCUT2D eigenvalue weighted by Gasteiger charge is -2.40. The molecule has 3 aromatic rings. The van der Waals surface area contributed by atoms with E-state index in [-0.39, 0.29) is 11.8 Å². The number of hydrogen-bond acceptors (Lipinski definition) is 6. The van der Waals surface area contributed by atoms with Gasteiger partial charge in [0.2, 0.25) is 5.91 Å². The summed E-state index contributed by atoms with van der Waals surface area (Å²) in [7, 11) is 6.33. The third-order valence-electron chi connectivity index (χ3n) is 6.28. The van der Waals surface area contributed by atoms with Crippen LogP contribution in [0.1, 0.15) is 33.4 Å². The number of carbonyl (C=O) groups excluding carboxylic acids is 2. The maximum Gasteiger partial charge on any atom is 0.254 e. The molecular formula is C27H28N2O5S. The van der Waals surface area contributed by atoms with Crippen LogP contribution in [0.15, 0.2) is 65.6 Å². The van der Waals surface area contributed by atoms with E-state index in [1.54, 1.807) is 55.1 Å². The molecule has 0 saturated carbocycles. The first kappa shape index (κ1) is 24.5. The van der Waals surface area contributed by atoms with Gasteiger partial charge in [0, 0.05) is 17.5 Å². The lowest BCUT2D eigenvalue weighted by molar-refractivity contribution is -0.119. The number of anilines is 1. The lowest BCUT2D eigenvalue weighted by Crippen LogP contribution is -2.44. The van der Waals surface area contributed by atoms with Crippen molar-refractivity contribution in [3.05, 3.63) is 77.4 Å². The van der Waals surface area contributed by atoms with Gasteiger partial charge < -0.3 is 24.4 Å². The number of likely N-dealkylation sites (N-methyl/N-ethyl adjacent to an activating group) is 1. The summed E-state index contributed by atoms with van der Waals surface area (Å²) in [6, 6.07) is 18.0. The van der Waals surface area contributed by atoms with E-state index in [1.807, 2.05) is 42.7 Å². The predicted octanol–water partition coefficient (Wildman–Crippen LogP) is 4.98. The van der Waals surface area contributed by atoms with E-state index in [0.29, 0.717) is 34.1 Å². The molecule has 1 heterocycles. The van der Waals surface area contributed by atoms with Gasteiger partial charge in [-0.05, 0) is 53.8 Å². The molecular weight excluding hydrogens is 464 g/mol. The van der Waals surface area contributed by atoms with Gasteiger partial charge in [0.15, 0.2) is 11.5 Å². The SMILES string of the molecule is COc1ccccc1NC(=O)C1c2cc(OC)c(OC)cc2C(=O)N(C)C1c1ccc(SC)cc1. The first-order chi connectivity index (χ1) is 16.9. The Bertz CT molecular complexity index is 1240. The molecule has 7 nitrogen and oxygen atoms in total. The number of ether oxygens (including phenoxy) is 3. The number of hydrogen-bond donors (Lipinski definition) is 1. The highest BCUT2D eigenvalue weighted by molar-refractivity contribution is 7.98. The summed E-state index contributed by atoms with van der Waals surface area (Å²) in [6.07, 6.45) is 2.00. The van der Waals surface area contributed by atoms with Crippen LogP contribution in [0.3, 0.4) is 0 Å². The van der Waals surface area contributed by atoms with Crippen LogP contribution in [0.2, 0.25) is 0 Å².